The predicted octanol–water partition coefficient (Wildman–Crippen LogP) is 3.29. The van der Waals surface area contributed by atoms with Gasteiger partial charge in [0.1, 0.15) is 42.1 Å². The number of carbonyl (C=O) groups is 4. The fraction of sp³-hybridized carbons (Fsp3) is 0.514. The van der Waals surface area contributed by atoms with Crippen LogP contribution in [0.15, 0.2) is 59.6 Å². The van der Waals surface area contributed by atoms with Gasteiger partial charge in [0.25, 0.3) is 5.91 Å². The van der Waals surface area contributed by atoms with Gasteiger partial charge in [0.2, 0.25) is 11.8 Å². The lowest BCUT2D eigenvalue weighted by Crippen LogP contribution is -2.57. The van der Waals surface area contributed by atoms with Crippen molar-refractivity contribution in [3.63, 3.8) is 0 Å². The van der Waals surface area contributed by atoms with Gasteiger partial charge in [0.15, 0.2) is 0 Å². The van der Waals surface area contributed by atoms with Crippen molar-refractivity contribution >= 4 is 29.6 Å². The molecule has 260 valence electrons. The largest absolute Gasteiger partial charge is 0.486 e. The molecule has 5 amide bonds. The molecule has 0 unspecified atom stereocenters. The Morgan fingerprint density at radius 2 is 1.44 bits per heavy atom. The average molecular weight is 667 g/mol. The Balaban J connectivity index is 1.49. The minimum Gasteiger partial charge on any atom is -0.486 e. The number of halogens is 1. The minimum atomic E-state index is -1.08. The summed E-state index contributed by atoms with van der Waals surface area (Å²) in [5.41, 5.74) is 0.562. The van der Waals surface area contributed by atoms with Gasteiger partial charge in [-0.2, -0.15) is 0 Å². The SMILES string of the molecule is CC(C)C[C@H](NC(=O)[C@H](CC(C)C)NC(=O)N1CCOCC1)C(=O)N[C@H](C(=O)N1CCN=C1COc1ccc(F)cc1)c1ccccc1. The van der Waals surface area contributed by atoms with Crippen LogP contribution in [0.25, 0.3) is 0 Å². The highest BCUT2D eigenvalue weighted by atomic mass is 19.1. The zero-order valence-corrected chi connectivity index (χ0v) is 28.1. The summed E-state index contributed by atoms with van der Waals surface area (Å²) < 4.78 is 24.5. The number of morpholine rings is 1. The van der Waals surface area contributed by atoms with Crippen molar-refractivity contribution < 1.29 is 33.0 Å². The van der Waals surface area contributed by atoms with Gasteiger partial charge >= 0.3 is 6.03 Å². The van der Waals surface area contributed by atoms with Gasteiger partial charge in [-0.15, -0.1) is 0 Å². The van der Waals surface area contributed by atoms with E-state index in [1.165, 1.54) is 29.2 Å². The highest BCUT2D eigenvalue weighted by molar-refractivity contribution is 6.04. The molecular formula is C35H47FN6O6. The van der Waals surface area contributed by atoms with E-state index < -0.39 is 35.8 Å². The van der Waals surface area contributed by atoms with Crippen molar-refractivity contribution in [2.75, 3.05) is 46.0 Å². The van der Waals surface area contributed by atoms with E-state index in [0.717, 1.165) is 0 Å². The number of carbonyl (C=O) groups excluding carboxylic acids is 4. The van der Waals surface area contributed by atoms with E-state index in [2.05, 4.69) is 20.9 Å². The summed E-state index contributed by atoms with van der Waals surface area (Å²) in [6, 6.07) is 11.2. The van der Waals surface area contributed by atoms with E-state index in [0.29, 0.717) is 69.4 Å². The summed E-state index contributed by atoms with van der Waals surface area (Å²) in [5.74, 6) is -0.860. The van der Waals surface area contributed by atoms with Crippen LogP contribution in [0, 0.1) is 17.7 Å². The van der Waals surface area contributed by atoms with Gasteiger partial charge in [-0.25, -0.2) is 9.18 Å². The number of nitrogens with one attached hydrogen (secondary N) is 3. The van der Waals surface area contributed by atoms with Gasteiger partial charge in [-0.05, 0) is 54.5 Å². The second-order valence-corrected chi connectivity index (χ2v) is 12.8. The zero-order valence-electron chi connectivity index (χ0n) is 28.1. The predicted molar refractivity (Wildman–Crippen MR) is 179 cm³/mol. The molecule has 4 rings (SSSR count). The molecule has 0 aromatic heterocycles. The summed E-state index contributed by atoms with van der Waals surface area (Å²) in [4.78, 5) is 62.2. The van der Waals surface area contributed by atoms with Crippen LogP contribution < -0.4 is 20.7 Å². The van der Waals surface area contributed by atoms with E-state index in [4.69, 9.17) is 9.47 Å². The van der Waals surface area contributed by atoms with Crippen LogP contribution in [0.3, 0.4) is 0 Å². The van der Waals surface area contributed by atoms with E-state index >= 15 is 0 Å². The molecule has 2 aromatic rings. The number of hydrogen-bond donors (Lipinski definition) is 3. The first-order valence-electron chi connectivity index (χ1n) is 16.5. The molecule has 12 nitrogen and oxygen atoms in total. The summed E-state index contributed by atoms with van der Waals surface area (Å²) in [6.07, 6.45) is 0.682. The maximum atomic E-state index is 14.1. The van der Waals surface area contributed by atoms with Crippen molar-refractivity contribution in [2.45, 2.75) is 58.7 Å². The Kier molecular flexibility index (Phi) is 13.3. The molecule has 1 fully saturated rings. The molecular weight excluding hydrogens is 619 g/mol. The molecule has 2 aromatic carbocycles. The highest BCUT2D eigenvalue weighted by Crippen LogP contribution is 2.20. The van der Waals surface area contributed by atoms with Crippen LogP contribution in [0.5, 0.6) is 5.75 Å². The van der Waals surface area contributed by atoms with Crippen LogP contribution in [0.2, 0.25) is 0 Å². The fourth-order valence-corrected chi connectivity index (χ4v) is 5.55. The van der Waals surface area contributed by atoms with Crippen molar-refractivity contribution in [3.05, 3.63) is 66.0 Å². The van der Waals surface area contributed by atoms with Crippen molar-refractivity contribution in [1.82, 2.24) is 25.8 Å². The molecule has 0 saturated carbocycles. The molecule has 0 bridgehead atoms. The Labute approximate surface area is 281 Å². The molecule has 13 heteroatoms. The minimum absolute atomic E-state index is 0.0216. The summed E-state index contributed by atoms with van der Waals surface area (Å²) in [7, 11) is 0. The Morgan fingerprint density at radius 3 is 2.06 bits per heavy atom. The van der Waals surface area contributed by atoms with Crippen LogP contribution >= 0.6 is 0 Å². The molecule has 0 radical (unpaired) electrons. The van der Waals surface area contributed by atoms with Crippen molar-refractivity contribution in [1.29, 1.82) is 0 Å². The smallest absolute Gasteiger partial charge is 0.318 e. The summed E-state index contributed by atoms with van der Waals surface area (Å²) >= 11 is 0. The fourth-order valence-electron chi connectivity index (χ4n) is 5.55. The van der Waals surface area contributed by atoms with E-state index in [1.807, 2.05) is 33.8 Å². The summed E-state index contributed by atoms with van der Waals surface area (Å²) in [6.45, 7) is 10.1. The average Bonchev–Trinajstić information content (AvgIpc) is 3.55. The monoisotopic (exact) mass is 666 g/mol. The lowest BCUT2D eigenvalue weighted by atomic mass is 9.99. The van der Waals surface area contributed by atoms with Crippen LogP contribution in [-0.2, 0) is 19.1 Å². The highest BCUT2D eigenvalue weighted by Gasteiger charge is 2.35. The van der Waals surface area contributed by atoms with Gasteiger partial charge < -0.3 is 30.3 Å². The van der Waals surface area contributed by atoms with Gasteiger partial charge in [-0.3, -0.25) is 24.3 Å². The lowest BCUT2D eigenvalue weighted by molar-refractivity contribution is -0.135. The first kappa shape index (κ1) is 36.3. The quantitative estimate of drug-likeness (QED) is 0.283. The van der Waals surface area contributed by atoms with Crippen LogP contribution in [-0.4, -0.2) is 97.5 Å². The molecule has 2 aliphatic heterocycles. The van der Waals surface area contributed by atoms with E-state index in [1.54, 1.807) is 29.2 Å². The van der Waals surface area contributed by atoms with Crippen LogP contribution in [0.4, 0.5) is 9.18 Å². The molecule has 3 N–H and O–H groups in total. The molecule has 2 heterocycles. The second kappa shape index (κ2) is 17.6. The number of urea groups is 1. The number of amidine groups is 1. The van der Waals surface area contributed by atoms with Crippen molar-refractivity contribution in [2.24, 2.45) is 16.8 Å². The standard InChI is InChI=1S/C35H47FN6O6/c1-23(2)20-28(38-32(43)29(21-24(3)4)39-35(46)41-16-18-47-19-17-41)33(44)40-31(25-8-6-5-7-9-25)34(45)42-15-14-37-30(42)22-48-27-12-10-26(36)11-13-27/h5-13,23-24,28-29,31H,14-22H2,1-4H3,(H,38,43)(H,39,46)(H,40,44)/t28-,29-,31-/m0/s1. The number of ether oxygens (including phenoxy) is 2. The maximum absolute atomic E-state index is 14.1. The van der Waals surface area contributed by atoms with Crippen molar-refractivity contribution in [3.8, 4) is 5.75 Å². The molecule has 0 aliphatic carbocycles. The number of benzene rings is 2. The van der Waals surface area contributed by atoms with Gasteiger partial charge in [0, 0.05) is 19.6 Å². The lowest BCUT2D eigenvalue weighted by Gasteiger charge is -2.31. The number of rotatable bonds is 14. The Morgan fingerprint density at radius 1 is 0.833 bits per heavy atom. The summed E-state index contributed by atoms with van der Waals surface area (Å²) in [5, 5.41) is 8.63. The molecule has 3 atom stereocenters. The Hall–Kier alpha value is -4.52. The van der Waals surface area contributed by atoms with Gasteiger partial charge in [-0.1, -0.05) is 58.0 Å². The maximum Gasteiger partial charge on any atom is 0.318 e. The van der Waals surface area contributed by atoms with Crippen LogP contribution in [0.1, 0.15) is 52.1 Å². The van der Waals surface area contributed by atoms with E-state index in [-0.39, 0.29) is 30.3 Å². The number of aliphatic imine (C=N–C) groups is 1. The Bertz CT molecular complexity index is 1410. The first-order chi connectivity index (χ1) is 23.0. The van der Waals surface area contributed by atoms with Gasteiger partial charge in [0.05, 0.1) is 19.8 Å². The number of nitrogens with zero attached hydrogens (tertiary/aromatic N) is 3. The third-order valence-electron chi connectivity index (χ3n) is 8.00. The third kappa shape index (κ3) is 10.5. The molecule has 48 heavy (non-hydrogen) atoms. The topological polar surface area (TPSA) is 142 Å². The zero-order chi connectivity index (χ0) is 34.6. The molecule has 1 saturated heterocycles. The van der Waals surface area contributed by atoms with E-state index in [9.17, 15) is 23.6 Å². The third-order valence-corrected chi connectivity index (χ3v) is 8.00. The normalized spacial score (nSPS) is 16.6. The number of amides is 5. The molecule has 0 spiro atoms. The number of hydrogen-bond acceptors (Lipinski definition) is 7. The second-order valence-electron chi connectivity index (χ2n) is 12.8. The first-order valence-corrected chi connectivity index (χ1v) is 16.5. The molecule has 2 aliphatic rings.